The molecule has 1 unspecified atom stereocenters. The lowest BCUT2D eigenvalue weighted by Gasteiger charge is -2.11. The molecule has 0 spiro atoms. The summed E-state index contributed by atoms with van der Waals surface area (Å²) in [6, 6.07) is 0. The molecule has 0 amide bonds. The van der Waals surface area contributed by atoms with Gasteiger partial charge in [0.15, 0.2) is 0 Å². The van der Waals surface area contributed by atoms with E-state index in [1.807, 2.05) is 13.8 Å². The lowest BCUT2D eigenvalue weighted by Crippen LogP contribution is -2.28. The van der Waals surface area contributed by atoms with Gasteiger partial charge in [-0.1, -0.05) is 19.3 Å². The average molecular weight is 294 g/mol. The minimum atomic E-state index is -4.34. The predicted molar refractivity (Wildman–Crippen MR) is 71.0 cm³/mol. The maximum Gasteiger partial charge on any atom is 0.306 e. The van der Waals surface area contributed by atoms with Gasteiger partial charge in [0.25, 0.3) is 5.44 Å². The third kappa shape index (κ3) is 10.8. The van der Waals surface area contributed by atoms with Crippen molar-refractivity contribution in [2.24, 2.45) is 0 Å². The highest BCUT2D eigenvalue weighted by molar-refractivity contribution is 7.86. The third-order valence-electron chi connectivity index (χ3n) is 2.08. The summed E-state index contributed by atoms with van der Waals surface area (Å²) in [7, 11) is -4.34. The van der Waals surface area contributed by atoms with Crippen molar-refractivity contribution in [1.82, 2.24) is 0 Å². The van der Waals surface area contributed by atoms with E-state index < -0.39 is 15.6 Å². The Balaban J connectivity index is 4.06. The fraction of sp³-hybridized carbons (Fsp3) is 0.833. The maximum atomic E-state index is 11.0. The van der Waals surface area contributed by atoms with Crippen LogP contribution in [0, 0.1) is 12.0 Å². The highest BCUT2D eigenvalue weighted by Crippen LogP contribution is 2.02. The average Bonchev–Trinajstić information content (AvgIpc) is 2.34. The fourth-order valence-electron chi connectivity index (χ4n) is 1.05. The van der Waals surface area contributed by atoms with Crippen LogP contribution >= 0.6 is 0 Å². The van der Waals surface area contributed by atoms with Crippen LogP contribution < -0.4 is 0 Å². The first-order chi connectivity index (χ1) is 9.02. The summed E-state index contributed by atoms with van der Waals surface area (Å²) in [5, 5.41) is 0. The second kappa shape index (κ2) is 11.1. The first-order valence-electron chi connectivity index (χ1n) is 6.27. The summed E-state index contributed by atoms with van der Waals surface area (Å²) < 4.78 is 45.9. The first-order valence-corrected chi connectivity index (χ1v) is 7.78. The van der Waals surface area contributed by atoms with Crippen LogP contribution in [0.15, 0.2) is 0 Å². The Morgan fingerprint density at radius 2 is 1.89 bits per heavy atom. The lowest BCUT2D eigenvalue weighted by atomic mass is 10.3. The zero-order valence-electron chi connectivity index (χ0n) is 11.4. The van der Waals surface area contributed by atoms with E-state index in [-0.39, 0.29) is 13.2 Å². The predicted octanol–water partition coefficient (Wildman–Crippen LogP) is 1.42. The Hall–Kier alpha value is -0.810. The molecule has 7 heteroatoms. The van der Waals surface area contributed by atoms with E-state index in [9.17, 15) is 8.42 Å². The van der Waals surface area contributed by atoms with Crippen LogP contribution in [-0.4, -0.2) is 44.8 Å². The number of ether oxygens (including phenoxy) is 3. The maximum absolute atomic E-state index is 11.0. The summed E-state index contributed by atoms with van der Waals surface area (Å²) in [5.41, 5.74) is -1.48. The van der Waals surface area contributed by atoms with E-state index in [2.05, 4.69) is 12.0 Å². The minimum absolute atomic E-state index is 0.229. The molecular weight excluding hydrogens is 272 g/mol. The molecule has 1 N–H and O–H groups in total. The van der Waals surface area contributed by atoms with Crippen molar-refractivity contribution in [3.8, 4) is 12.0 Å². The number of hydrogen-bond donors (Lipinski definition) is 1. The molecule has 19 heavy (non-hydrogen) atoms. The molecule has 0 bridgehead atoms. The number of rotatable bonds is 10. The Morgan fingerprint density at radius 1 is 1.21 bits per heavy atom. The van der Waals surface area contributed by atoms with Gasteiger partial charge in [0.1, 0.15) is 12.7 Å². The van der Waals surface area contributed by atoms with Crippen molar-refractivity contribution in [3.63, 3.8) is 0 Å². The van der Waals surface area contributed by atoms with Crippen molar-refractivity contribution in [1.29, 1.82) is 0 Å². The molecule has 0 aliphatic carbocycles. The van der Waals surface area contributed by atoms with E-state index in [1.165, 1.54) is 0 Å². The van der Waals surface area contributed by atoms with Gasteiger partial charge >= 0.3 is 10.1 Å². The van der Waals surface area contributed by atoms with Crippen molar-refractivity contribution in [2.75, 3.05) is 26.4 Å². The normalized spacial score (nSPS) is 12.6. The van der Waals surface area contributed by atoms with Gasteiger partial charge in [0, 0.05) is 13.0 Å². The van der Waals surface area contributed by atoms with Crippen molar-refractivity contribution in [3.05, 3.63) is 0 Å². The first kappa shape index (κ1) is 18.2. The number of unbranched alkanes of at least 4 members (excludes halogenated alkanes) is 2. The Kier molecular flexibility index (Phi) is 10.6. The lowest BCUT2D eigenvalue weighted by molar-refractivity contribution is 0.0253. The summed E-state index contributed by atoms with van der Waals surface area (Å²) in [5.74, 6) is 2.67. The molecule has 0 rings (SSSR count). The Bertz CT molecular complexity index is 367. The van der Waals surface area contributed by atoms with E-state index >= 15 is 0 Å². The molecule has 112 valence electrons. The van der Waals surface area contributed by atoms with Gasteiger partial charge in [0.05, 0.1) is 13.2 Å². The van der Waals surface area contributed by atoms with Crippen LogP contribution in [0.1, 0.15) is 33.1 Å². The van der Waals surface area contributed by atoms with Crippen LogP contribution in [-0.2, 0) is 24.3 Å². The van der Waals surface area contributed by atoms with Gasteiger partial charge in [-0.05, 0) is 13.3 Å². The molecule has 0 radical (unpaired) electrons. The van der Waals surface area contributed by atoms with Gasteiger partial charge in [-0.2, -0.15) is 8.42 Å². The minimum Gasteiger partial charge on any atom is -0.422 e. The van der Waals surface area contributed by atoms with Crippen LogP contribution in [0.2, 0.25) is 0 Å². The van der Waals surface area contributed by atoms with Crippen LogP contribution in [0.25, 0.3) is 0 Å². The number of hydrogen-bond acceptors (Lipinski definition) is 5. The molecule has 0 fully saturated rings. The summed E-state index contributed by atoms with van der Waals surface area (Å²) in [6.45, 7) is 4.73. The van der Waals surface area contributed by atoms with Gasteiger partial charge in [-0.25, -0.2) is 0 Å². The topological polar surface area (TPSA) is 82.1 Å². The molecule has 0 heterocycles. The van der Waals surface area contributed by atoms with Gasteiger partial charge < -0.3 is 14.2 Å². The van der Waals surface area contributed by atoms with E-state index in [1.54, 1.807) is 0 Å². The van der Waals surface area contributed by atoms with Crippen LogP contribution in [0.3, 0.4) is 0 Å². The zero-order chi connectivity index (χ0) is 14.6. The highest BCUT2D eigenvalue weighted by atomic mass is 32.2. The Labute approximate surface area is 115 Å². The molecule has 0 aromatic rings. The zero-order valence-corrected chi connectivity index (χ0v) is 12.2. The smallest absolute Gasteiger partial charge is 0.306 e. The van der Waals surface area contributed by atoms with Crippen molar-refractivity contribution < 1.29 is 27.2 Å². The summed E-state index contributed by atoms with van der Waals surface area (Å²) in [4.78, 5) is 0. The molecular formula is C12H22O6S. The van der Waals surface area contributed by atoms with Crippen molar-refractivity contribution >= 4 is 10.1 Å². The van der Waals surface area contributed by atoms with Gasteiger partial charge in [-0.3, -0.25) is 4.55 Å². The SMILES string of the molecule is CCCCC#COC(COCCOCC)S(=O)(=O)O. The molecule has 0 aliphatic heterocycles. The third-order valence-corrected chi connectivity index (χ3v) is 2.98. The largest absolute Gasteiger partial charge is 0.422 e. The summed E-state index contributed by atoms with van der Waals surface area (Å²) >= 11 is 0. The van der Waals surface area contributed by atoms with E-state index in [4.69, 9.17) is 18.8 Å². The molecule has 0 aromatic carbocycles. The quantitative estimate of drug-likeness (QED) is 0.373. The Morgan fingerprint density at radius 3 is 2.47 bits per heavy atom. The second-order valence-electron chi connectivity index (χ2n) is 3.72. The molecule has 6 nitrogen and oxygen atoms in total. The molecule has 0 saturated heterocycles. The monoisotopic (exact) mass is 294 g/mol. The molecule has 0 saturated carbocycles. The van der Waals surface area contributed by atoms with E-state index in [0.29, 0.717) is 19.6 Å². The molecule has 0 aliphatic rings. The highest BCUT2D eigenvalue weighted by Gasteiger charge is 2.24. The van der Waals surface area contributed by atoms with Gasteiger partial charge in [-0.15, -0.1) is 0 Å². The second-order valence-corrected chi connectivity index (χ2v) is 5.27. The summed E-state index contributed by atoms with van der Waals surface area (Å²) in [6.07, 6.45) is 4.81. The molecule has 0 aromatic heterocycles. The van der Waals surface area contributed by atoms with Gasteiger partial charge in [0.2, 0.25) is 0 Å². The fourth-order valence-corrected chi connectivity index (χ4v) is 1.48. The molecule has 1 atom stereocenters. The van der Waals surface area contributed by atoms with Crippen molar-refractivity contribution in [2.45, 2.75) is 38.5 Å². The standard InChI is InChI=1S/C12H22O6S/c1-3-5-6-7-8-18-12(19(13,14)15)11-17-10-9-16-4-2/h12H,3-6,9-11H2,1-2H3,(H,13,14,15). The van der Waals surface area contributed by atoms with Crippen LogP contribution in [0.4, 0.5) is 0 Å². The van der Waals surface area contributed by atoms with Crippen LogP contribution in [0.5, 0.6) is 0 Å². The van der Waals surface area contributed by atoms with E-state index in [0.717, 1.165) is 12.8 Å².